The third-order valence-corrected chi connectivity index (χ3v) is 3.50. The Hall–Kier alpha value is -1.41. The van der Waals surface area contributed by atoms with Crippen LogP contribution in [0.25, 0.3) is 0 Å². The molecule has 0 bridgehead atoms. The lowest BCUT2D eigenvalue weighted by atomic mass is 10.6. The molecule has 0 aliphatic heterocycles. The van der Waals surface area contributed by atoms with Crippen LogP contribution >= 0.6 is 11.8 Å². The molecule has 0 saturated carbocycles. The molecule has 0 fully saturated rings. The summed E-state index contributed by atoms with van der Waals surface area (Å²) in [5, 5.41) is 15.6. The van der Waals surface area contributed by atoms with Gasteiger partial charge in [0.2, 0.25) is 5.16 Å². The maximum atomic E-state index is 4.33. The van der Waals surface area contributed by atoms with Gasteiger partial charge in [-0.25, -0.2) is 9.67 Å². The van der Waals surface area contributed by atoms with Gasteiger partial charge in [-0.1, -0.05) is 11.8 Å². The van der Waals surface area contributed by atoms with Crippen LogP contribution in [0.2, 0.25) is 0 Å². The highest BCUT2D eigenvalue weighted by atomic mass is 32.2. The lowest BCUT2D eigenvalue weighted by Gasteiger charge is -2.05. The Morgan fingerprint density at radius 1 is 1.44 bits per heavy atom. The number of nitrogens with one attached hydrogen (secondary N) is 1. The minimum Gasteiger partial charge on any atom is -0.335 e. The van der Waals surface area contributed by atoms with Crippen molar-refractivity contribution in [3.8, 4) is 0 Å². The highest BCUT2D eigenvalue weighted by Crippen LogP contribution is 2.18. The molecule has 0 unspecified atom stereocenters. The van der Waals surface area contributed by atoms with Crippen LogP contribution in [0.4, 0.5) is 0 Å². The van der Waals surface area contributed by atoms with Gasteiger partial charge in [0.15, 0.2) is 0 Å². The Morgan fingerprint density at radius 3 is 3.11 bits per heavy atom. The fraction of sp³-hybridized carbons (Fsp3) is 0.600. The monoisotopic (exact) mass is 267 g/mol. The third kappa shape index (κ3) is 3.08. The number of thioether (sulfide) groups is 1. The van der Waals surface area contributed by atoms with Gasteiger partial charge in [-0.05, 0) is 24.4 Å². The minimum atomic E-state index is 0.772. The second-order valence-electron chi connectivity index (χ2n) is 3.71. The predicted octanol–water partition coefficient (Wildman–Crippen LogP) is 0.401. The van der Waals surface area contributed by atoms with Gasteiger partial charge in [-0.3, -0.25) is 0 Å². The predicted molar refractivity (Wildman–Crippen MR) is 69.2 cm³/mol. The van der Waals surface area contributed by atoms with E-state index in [1.165, 1.54) is 0 Å². The molecule has 0 aliphatic carbocycles. The van der Waals surface area contributed by atoms with E-state index in [0.29, 0.717) is 0 Å². The Morgan fingerprint density at radius 2 is 2.33 bits per heavy atom. The first-order valence-electron chi connectivity index (χ1n) is 5.88. The highest BCUT2D eigenvalue weighted by Gasteiger charge is 2.08. The van der Waals surface area contributed by atoms with Crippen LogP contribution in [0.1, 0.15) is 12.7 Å². The molecular weight excluding hydrogens is 250 g/mol. The fourth-order valence-electron chi connectivity index (χ4n) is 1.56. The topological polar surface area (TPSA) is 73.5 Å². The summed E-state index contributed by atoms with van der Waals surface area (Å²) < 4.78 is 3.93. The first kappa shape index (κ1) is 13.0. The average Bonchev–Trinajstić information content (AvgIpc) is 3.02. The van der Waals surface area contributed by atoms with Gasteiger partial charge in [0.1, 0.15) is 5.82 Å². The zero-order valence-corrected chi connectivity index (χ0v) is 11.4. The molecule has 18 heavy (non-hydrogen) atoms. The number of likely N-dealkylation sites (N-methyl/N-ethyl adjacent to an activating group) is 1. The smallest absolute Gasteiger partial charge is 0.209 e. The van der Waals surface area contributed by atoms with E-state index in [1.807, 2.05) is 19.4 Å². The summed E-state index contributed by atoms with van der Waals surface area (Å²) in [6, 6.07) is 0. The molecule has 0 atom stereocenters. The van der Waals surface area contributed by atoms with Crippen molar-refractivity contribution < 1.29 is 0 Å². The number of hydrogen-bond donors (Lipinski definition) is 1. The number of imidazole rings is 1. The van der Waals surface area contributed by atoms with E-state index in [9.17, 15) is 0 Å². The Labute approximate surface area is 110 Å². The molecule has 0 aromatic carbocycles. The third-order valence-electron chi connectivity index (χ3n) is 2.55. The highest BCUT2D eigenvalue weighted by molar-refractivity contribution is 7.98. The van der Waals surface area contributed by atoms with Crippen LogP contribution in [0, 0.1) is 0 Å². The van der Waals surface area contributed by atoms with E-state index in [4.69, 9.17) is 0 Å². The Bertz CT molecular complexity index is 478. The number of tetrazole rings is 1. The van der Waals surface area contributed by atoms with Crippen LogP contribution < -0.4 is 5.32 Å². The van der Waals surface area contributed by atoms with Crippen molar-refractivity contribution in [1.29, 1.82) is 0 Å². The molecule has 0 radical (unpaired) electrons. The van der Waals surface area contributed by atoms with Crippen molar-refractivity contribution in [2.45, 2.75) is 30.9 Å². The maximum absolute atomic E-state index is 4.33. The second-order valence-corrected chi connectivity index (χ2v) is 4.65. The first-order chi connectivity index (χ1) is 8.85. The van der Waals surface area contributed by atoms with E-state index in [-0.39, 0.29) is 0 Å². The zero-order valence-electron chi connectivity index (χ0n) is 10.6. The van der Waals surface area contributed by atoms with Gasteiger partial charge in [-0.15, -0.1) is 5.10 Å². The fourth-order valence-corrected chi connectivity index (χ4v) is 2.42. The van der Waals surface area contributed by atoms with Gasteiger partial charge >= 0.3 is 0 Å². The molecule has 98 valence electrons. The van der Waals surface area contributed by atoms with E-state index in [0.717, 1.165) is 36.4 Å². The van der Waals surface area contributed by atoms with Crippen LogP contribution in [0.15, 0.2) is 17.6 Å². The minimum absolute atomic E-state index is 0.772. The van der Waals surface area contributed by atoms with E-state index >= 15 is 0 Å². The summed E-state index contributed by atoms with van der Waals surface area (Å²) >= 11 is 1.61. The van der Waals surface area contributed by atoms with Crippen LogP contribution in [0.5, 0.6) is 0 Å². The van der Waals surface area contributed by atoms with Crippen molar-refractivity contribution >= 4 is 11.8 Å². The molecular formula is C10H17N7S. The summed E-state index contributed by atoms with van der Waals surface area (Å²) in [6.45, 7) is 4.66. The van der Waals surface area contributed by atoms with Crippen molar-refractivity contribution in [3.05, 3.63) is 18.2 Å². The van der Waals surface area contributed by atoms with Crippen molar-refractivity contribution in [2.75, 3.05) is 13.6 Å². The summed E-state index contributed by atoms with van der Waals surface area (Å²) in [4.78, 5) is 4.33. The first-order valence-corrected chi connectivity index (χ1v) is 6.87. The number of rotatable bonds is 7. The molecule has 2 heterocycles. The molecule has 1 N–H and O–H groups in total. The molecule has 0 spiro atoms. The number of aromatic nitrogens is 6. The van der Waals surface area contributed by atoms with Crippen molar-refractivity contribution in [3.63, 3.8) is 0 Å². The number of nitrogens with zero attached hydrogens (tertiary/aromatic N) is 6. The maximum Gasteiger partial charge on any atom is 0.209 e. The SMILES string of the molecule is CCn1ccnc1CSc1nnnn1CCNC. The van der Waals surface area contributed by atoms with Crippen molar-refractivity contribution in [1.82, 2.24) is 35.1 Å². The molecule has 8 heteroatoms. The molecule has 7 nitrogen and oxygen atoms in total. The standard InChI is InChI=1S/C10H17N7S/c1-3-16-6-5-12-9(16)8-18-10-13-14-15-17(10)7-4-11-2/h5-6,11H,3-4,7-8H2,1-2H3. The summed E-state index contributed by atoms with van der Waals surface area (Å²) in [6.07, 6.45) is 3.81. The normalized spacial score (nSPS) is 11.0. The summed E-state index contributed by atoms with van der Waals surface area (Å²) in [7, 11) is 1.91. The Balaban J connectivity index is 1.95. The molecule has 2 aromatic rings. The van der Waals surface area contributed by atoms with E-state index in [1.54, 1.807) is 16.4 Å². The van der Waals surface area contributed by atoms with Crippen LogP contribution in [0.3, 0.4) is 0 Å². The second kappa shape index (κ2) is 6.50. The lowest BCUT2D eigenvalue weighted by molar-refractivity contribution is 0.529. The molecule has 0 amide bonds. The van der Waals surface area contributed by atoms with Gasteiger partial charge in [-0.2, -0.15) is 0 Å². The van der Waals surface area contributed by atoms with E-state index < -0.39 is 0 Å². The van der Waals surface area contributed by atoms with Gasteiger partial charge in [0, 0.05) is 25.5 Å². The van der Waals surface area contributed by atoms with Crippen molar-refractivity contribution in [2.24, 2.45) is 0 Å². The molecule has 2 aromatic heterocycles. The number of aryl methyl sites for hydroxylation is 1. The molecule has 0 aliphatic rings. The lowest BCUT2D eigenvalue weighted by Crippen LogP contribution is -2.16. The average molecular weight is 267 g/mol. The van der Waals surface area contributed by atoms with Crippen LogP contribution in [-0.2, 0) is 18.8 Å². The summed E-state index contributed by atoms with van der Waals surface area (Å²) in [5.41, 5.74) is 0. The molecule has 0 saturated heterocycles. The van der Waals surface area contributed by atoms with Gasteiger partial charge in [0.25, 0.3) is 0 Å². The van der Waals surface area contributed by atoms with Gasteiger partial charge < -0.3 is 9.88 Å². The quantitative estimate of drug-likeness (QED) is 0.732. The summed E-state index contributed by atoms with van der Waals surface area (Å²) in [5.74, 6) is 1.83. The largest absolute Gasteiger partial charge is 0.335 e. The van der Waals surface area contributed by atoms with Crippen LogP contribution in [-0.4, -0.2) is 43.4 Å². The Kier molecular flexibility index (Phi) is 4.71. The number of hydrogen-bond acceptors (Lipinski definition) is 6. The zero-order chi connectivity index (χ0) is 12.8. The van der Waals surface area contributed by atoms with E-state index in [2.05, 4.69) is 37.3 Å². The molecule has 2 rings (SSSR count). The van der Waals surface area contributed by atoms with Gasteiger partial charge in [0.05, 0.1) is 12.3 Å².